The Balaban J connectivity index is 1.48. The number of hydrogen-bond donors (Lipinski definition) is 2. The Morgan fingerprint density at radius 1 is 1.04 bits per heavy atom. The molecule has 1 heterocycles. The van der Waals surface area contributed by atoms with Gasteiger partial charge in [-0.15, -0.1) is 0 Å². The number of aromatic nitrogens is 2. The third-order valence-electron chi connectivity index (χ3n) is 5.91. The summed E-state index contributed by atoms with van der Waals surface area (Å²) in [5, 5.41) is 6.95. The SMILES string of the molecule is Cc1ccnc(C(=O)NC23CCCC(NC(=O)c4cccc(Cl)c4)(CC2)C3)n1. The van der Waals surface area contributed by atoms with Crippen molar-refractivity contribution < 1.29 is 9.59 Å². The molecule has 2 unspecified atom stereocenters. The van der Waals surface area contributed by atoms with Gasteiger partial charge in [0.1, 0.15) is 0 Å². The molecule has 2 aliphatic rings. The van der Waals surface area contributed by atoms with Crippen LogP contribution < -0.4 is 10.6 Å². The molecule has 2 aromatic rings. The first kappa shape index (κ1) is 18.9. The zero-order valence-corrected chi connectivity index (χ0v) is 16.6. The van der Waals surface area contributed by atoms with Crippen molar-refractivity contribution in [2.24, 2.45) is 0 Å². The number of fused-ring (bicyclic) bond motifs is 2. The van der Waals surface area contributed by atoms with E-state index >= 15 is 0 Å². The lowest BCUT2D eigenvalue weighted by molar-refractivity contribution is 0.0826. The number of nitrogens with zero attached hydrogens (tertiary/aromatic N) is 2. The van der Waals surface area contributed by atoms with Crippen LogP contribution in [0.3, 0.4) is 0 Å². The van der Waals surface area contributed by atoms with Crippen LogP contribution in [0.4, 0.5) is 0 Å². The van der Waals surface area contributed by atoms with E-state index in [2.05, 4.69) is 20.6 Å². The number of amides is 2. The summed E-state index contributed by atoms with van der Waals surface area (Å²) in [5.41, 5.74) is 0.709. The number of nitrogens with one attached hydrogen (secondary N) is 2. The average molecular weight is 399 g/mol. The number of benzene rings is 1. The van der Waals surface area contributed by atoms with Crippen LogP contribution in [0.25, 0.3) is 0 Å². The standard InChI is InChI=1S/C21H23ClN4O2/c1-14-6-11-23-17(24-14)19(28)26-21-8-3-7-20(13-21,9-10-21)25-18(27)15-4-2-5-16(22)12-15/h2,4-6,11-12H,3,7-10,13H2,1H3,(H,25,27)(H,26,28). The van der Waals surface area contributed by atoms with E-state index in [9.17, 15) is 9.59 Å². The topological polar surface area (TPSA) is 84.0 Å². The van der Waals surface area contributed by atoms with E-state index in [1.807, 2.05) is 6.92 Å². The van der Waals surface area contributed by atoms with E-state index < -0.39 is 0 Å². The van der Waals surface area contributed by atoms with E-state index in [4.69, 9.17) is 11.6 Å². The first-order chi connectivity index (χ1) is 13.4. The van der Waals surface area contributed by atoms with Crippen LogP contribution in [0.2, 0.25) is 5.02 Å². The van der Waals surface area contributed by atoms with Gasteiger partial charge in [0.25, 0.3) is 11.8 Å². The summed E-state index contributed by atoms with van der Waals surface area (Å²) in [7, 11) is 0. The first-order valence-corrected chi connectivity index (χ1v) is 9.97. The quantitative estimate of drug-likeness (QED) is 0.826. The van der Waals surface area contributed by atoms with E-state index in [1.54, 1.807) is 36.5 Å². The highest BCUT2D eigenvalue weighted by atomic mass is 35.5. The van der Waals surface area contributed by atoms with Crippen LogP contribution in [0, 0.1) is 6.92 Å². The maximum atomic E-state index is 12.8. The molecule has 1 aromatic carbocycles. The molecule has 0 saturated heterocycles. The second-order valence-electron chi connectivity index (χ2n) is 8.03. The van der Waals surface area contributed by atoms with E-state index in [0.29, 0.717) is 10.6 Å². The van der Waals surface area contributed by atoms with Crippen molar-refractivity contribution in [1.29, 1.82) is 0 Å². The average Bonchev–Trinajstić information content (AvgIpc) is 2.91. The number of rotatable bonds is 4. The van der Waals surface area contributed by atoms with Gasteiger partial charge in [0.2, 0.25) is 5.82 Å². The molecule has 1 aromatic heterocycles. The van der Waals surface area contributed by atoms with Crippen molar-refractivity contribution in [3.8, 4) is 0 Å². The molecule has 28 heavy (non-hydrogen) atoms. The zero-order chi connectivity index (χ0) is 19.8. The maximum absolute atomic E-state index is 12.8. The van der Waals surface area contributed by atoms with Crippen LogP contribution in [-0.4, -0.2) is 32.9 Å². The van der Waals surface area contributed by atoms with Crippen LogP contribution in [0.15, 0.2) is 36.5 Å². The summed E-state index contributed by atoms with van der Waals surface area (Å²) in [4.78, 5) is 33.8. The number of hydrogen-bond acceptors (Lipinski definition) is 4. The molecule has 146 valence electrons. The molecule has 0 radical (unpaired) electrons. The molecule has 2 atom stereocenters. The maximum Gasteiger partial charge on any atom is 0.289 e. The van der Waals surface area contributed by atoms with E-state index in [1.165, 1.54) is 0 Å². The van der Waals surface area contributed by atoms with Crippen molar-refractivity contribution in [3.63, 3.8) is 0 Å². The van der Waals surface area contributed by atoms with Crippen molar-refractivity contribution >= 4 is 23.4 Å². The van der Waals surface area contributed by atoms with Crippen molar-refractivity contribution in [2.75, 3.05) is 0 Å². The Kier molecular flexibility index (Phi) is 4.83. The number of carbonyl (C=O) groups is 2. The van der Waals surface area contributed by atoms with Gasteiger partial charge < -0.3 is 10.6 Å². The van der Waals surface area contributed by atoms with Gasteiger partial charge in [-0.25, -0.2) is 9.97 Å². The third kappa shape index (κ3) is 3.74. The molecule has 2 bridgehead atoms. The monoisotopic (exact) mass is 398 g/mol. The van der Waals surface area contributed by atoms with Crippen molar-refractivity contribution in [2.45, 2.75) is 56.5 Å². The Hall–Kier alpha value is -2.47. The van der Waals surface area contributed by atoms with Crippen LogP contribution in [0.5, 0.6) is 0 Å². The predicted molar refractivity (Wildman–Crippen MR) is 106 cm³/mol. The second-order valence-corrected chi connectivity index (χ2v) is 8.47. The minimum Gasteiger partial charge on any atom is -0.347 e. The number of halogens is 1. The molecule has 7 heteroatoms. The number of carbonyl (C=O) groups excluding carboxylic acids is 2. The lowest BCUT2D eigenvalue weighted by Crippen LogP contribution is -2.55. The molecule has 2 N–H and O–H groups in total. The van der Waals surface area contributed by atoms with Crippen LogP contribution >= 0.6 is 11.6 Å². The predicted octanol–water partition coefficient (Wildman–Crippen LogP) is 3.44. The fourth-order valence-corrected chi connectivity index (χ4v) is 4.82. The molecule has 2 amide bonds. The van der Waals surface area contributed by atoms with E-state index in [0.717, 1.165) is 44.2 Å². The first-order valence-electron chi connectivity index (χ1n) is 9.59. The lowest BCUT2D eigenvalue weighted by atomic mass is 9.78. The van der Waals surface area contributed by atoms with Gasteiger partial charge in [-0.3, -0.25) is 9.59 Å². The highest BCUT2D eigenvalue weighted by molar-refractivity contribution is 6.30. The molecule has 2 fully saturated rings. The highest BCUT2D eigenvalue weighted by Crippen LogP contribution is 2.48. The van der Waals surface area contributed by atoms with Crippen LogP contribution in [0.1, 0.15) is 65.2 Å². The normalized spacial score (nSPS) is 25.9. The fourth-order valence-electron chi connectivity index (χ4n) is 4.63. The van der Waals surface area contributed by atoms with E-state index in [-0.39, 0.29) is 28.7 Å². The molecular weight excluding hydrogens is 376 g/mol. The lowest BCUT2D eigenvalue weighted by Gasteiger charge is -2.40. The van der Waals surface area contributed by atoms with Gasteiger partial charge in [0, 0.05) is 33.6 Å². The molecule has 2 aliphatic carbocycles. The molecule has 2 saturated carbocycles. The third-order valence-corrected chi connectivity index (χ3v) is 6.15. The highest BCUT2D eigenvalue weighted by Gasteiger charge is 2.52. The van der Waals surface area contributed by atoms with Crippen molar-refractivity contribution in [3.05, 3.63) is 58.6 Å². The zero-order valence-electron chi connectivity index (χ0n) is 15.8. The minimum atomic E-state index is -0.315. The fraction of sp³-hybridized carbons (Fsp3) is 0.429. The molecular formula is C21H23ClN4O2. The Labute approximate surface area is 169 Å². The summed E-state index contributed by atoms with van der Waals surface area (Å²) in [5.74, 6) is -0.170. The van der Waals surface area contributed by atoms with Crippen molar-refractivity contribution in [1.82, 2.24) is 20.6 Å². The largest absolute Gasteiger partial charge is 0.347 e. The summed E-state index contributed by atoms with van der Waals surface area (Å²) in [6, 6.07) is 8.73. The Morgan fingerprint density at radius 3 is 2.43 bits per heavy atom. The summed E-state index contributed by atoms with van der Waals surface area (Å²) < 4.78 is 0. The Bertz CT molecular complexity index is 861. The minimum absolute atomic E-state index is 0.117. The van der Waals surface area contributed by atoms with Crippen LogP contribution in [-0.2, 0) is 0 Å². The van der Waals surface area contributed by atoms with Gasteiger partial charge in [0.05, 0.1) is 0 Å². The summed E-state index contributed by atoms with van der Waals surface area (Å²) in [6.07, 6.45) is 6.76. The van der Waals surface area contributed by atoms with Gasteiger partial charge in [-0.05, 0) is 69.7 Å². The molecule has 0 spiro atoms. The number of aryl methyl sites for hydroxylation is 1. The smallest absolute Gasteiger partial charge is 0.289 e. The summed E-state index contributed by atoms with van der Waals surface area (Å²) >= 11 is 6.02. The summed E-state index contributed by atoms with van der Waals surface area (Å²) in [6.45, 7) is 1.84. The molecule has 6 nitrogen and oxygen atoms in total. The van der Waals surface area contributed by atoms with Gasteiger partial charge in [0.15, 0.2) is 0 Å². The molecule has 4 rings (SSSR count). The van der Waals surface area contributed by atoms with Gasteiger partial charge >= 0.3 is 0 Å². The second kappa shape index (κ2) is 7.17. The van der Waals surface area contributed by atoms with Gasteiger partial charge in [-0.2, -0.15) is 0 Å². The molecule has 0 aliphatic heterocycles. The Morgan fingerprint density at radius 2 is 1.75 bits per heavy atom. The van der Waals surface area contributed by atoms with Gasteiger partial charge in [-0.1, -0.05) is 17.7 Å².